The summed E-state index contributed by atoms with van der Waals surface area (Å²) in [6.07, 6.45) is 2.40. The molecule has 0 spiro atoms. The normalized spacial score (nSPS) is 14.4. The minimum atomic E-state index is -0.0933. The number of halogens is 1. The summed E-state index contributed by atoms with van der Waals surface area (Å²) in [5.74, 6) is 0.491. The van der Waals surface area contributed by atoms with E-state index >= 15 is 0 Å². The molecule has 1 aliphatic rings. The van der Waals surface area contributed by atoms with Gasteiger partial charge < -0.3 is 5.32 Å². The maximum Gasteiger partial charge on any atom is 0.267 e. The van der Waals surface area contributed by atoms with Gasteiger partial charge in [0.15, 0.2) is 0 Å². The van der Waals surface area contributed by atoms with Crippen LogP contribution in [0.15, 0.2) is 24.3 Å². The van der Waals surface area contributed by atoms with Gasteiger partial charge in [0.25, 0.3) is 5.91 Å². The van der Waals surface area contributed by atoms with Crippen molar-refractivity contribution in [2.45, 2.75) is 25.7 Å². The Labute approximate surface area is 120 Å². The fourth-order valence-corrected chi connectivity index (χ4v) is 3.11. The molecule has 3 nitrogen and oxygen atoms in total. The van der Waals surface area contributed by atoms with Crippen molar-refractivity contribution in [2.75, 3.05) is 5.32 Å². The highest BCUT2D eigenvalue weighted by atomic mass is 35.5. The van der Waals surface area contributed by atoms with Crippen molar-refractivity contribution in [1.29, 1.82) is 0 Å². The fourth-order valence-electron chi connectivity index (χ4n) is 1.85. The molecule has 5 heteroatoms. The van der Waals surface area contributed by atoms with Gasteiger partial charge in [-0.3, -0.25) is 4.79 Å². The summed E-state index contributed by atoms with van der Waals surface area (Å²) in [5, 5.41) is 4.62. The number of anilines is 1. The molecule has 1 aromatic carbocycles. The lowest BCUT2D eigenvalue weighted by atomic mass is 10.3. The van der Waals surface area contributed by atoms with Gasteiger partial charge in [-0.15, -0.1) is 11.3 Å². The second-order valence-electron chi connectivity index (χ2n) is 4.70. The molecule has 0 saturated heterocycles. The van der Waals surface area contributed by atoms with Crippen LogP contribution in [0, 0.1) is 6.92 Å². The largest absolute Gasteiger partial charge is 0.321 e. The molecule has 2 aromatic rings. The molecule has 98 valence electrons. The van der Waals surface area contributed by atoms with Crippen molar-refractivity contribution in [2.24, 2.45) is 0 Å². The van der Waals surface area contributed by atoms with Crippen LogP contribution in [-0.4, -0.2) is 10.9 Å². The van der Waals surface area contributed by atoms with Crippen molar-refractivity contribution < 1.29 is 4.79 Å². The zero-order valence-corrected chi connectivity index (χ0v) is 12.0. The fraction of sp³-hybridized carbons (Fsp3) is 0.286. The minimum absolute atomic E-state index is 0.0933. The molecule has 3 rings (SSSR count). The van der Waals surface area contributed by atoms with Crippen molar-refractivity contribution in [3.05, 3.63) is 44.9 Å². The SMILES string of the molecule is Cc1nc(C2CC2)sc1C(=O)Nc1ccc(Cl)cc1. The third-order valence-electron chi connectivity index (χ3n) is 3.05. The van der Waals surface area contributed by atoms with E-state index in [1.807, 2.05) is 6.92 Å². The number of nitrogens with zero attached hydrogens (tertiary/aromatic N) is 1. The van der Waals surface area contributed by atoms with Gasteiger partial charge in [-0.25, -0.2) is 4.98 Å². The number of benzene rings is 1. The quantitative estimate of drug-likeness (QED) is 0.919. The molecule has 1 aliphatic carbocycles. The molecule has 1 amide bonds. The van der Waals surface area contributed by atoms with Gasteiger partial charge in [-0.05, 0) is 44.0 Å². The third-order valence-corrected chi connectivity index (χ3v) is 4.62. The predicted octanol–water partition coefficient (Wildman–Crippen LogP) is 4.23. The van der Waals surface area contributed by atoms with Crippen LogP contribution in [0.25, 0.3) is 0 Å². The standard InChI is InChI=1S/C14H13ClN2OS/c1-8-12(19-14(16-8)9-2-3-9)13(18)17-11-6-4-10(15)5-7-11/h4-7,9H,2-3H2,1H3,(H,17,18). The number of aromatic nitrogens is 1. The van der Waals surface area contributed by atoms with Crippen LogP contribution < -0.4 is 5.32 Å². The van der Waals surface area contributed by atoms with Crippen LogP contribution in [-0.2, 0) is 0 Å². The first kappa shape index (κ1) is 12.6. The molecule has 0 bridgehead atoms. The van der Waals surface area contributed by atoms with Crippen LogP contribution in [0.1, 0.15) is 39.1 Å². The second-order valence-corrected chi connectivity index (χ2v) is 6.17. The minimum Gasteiger partial charge on any atom is -0.321 e. The Kier molecular flexibility index (Phi) is 3.29. The molecule has 0 unspecified atom stereocenters. The lowest BCUT2D eigenvalue weighted by molar-refractivity contribution is 0.103. The van der Waals surface area contributed by atoms with E-state index in [-0.39, 0.29) is 5.91 Å². The van der Waals surface area contributed by atoms with E-state index < -0.39 is 0 Å². The first-order valence-electron chi connectivity index (χ1n) is 6.18. The van der Waals surface area contributed by atoms with E-state index in [0.29, 0.717) is 15.8 Å². The molecular weight excluding hydrogens is 280 g/mol. The second kappa shape index (κ2) is 4.94. The first-order chi connectivity index (χ1) is 9.13. The Hall–Kier alpha value is -1.39. The van der Waals surface area contributed by atoms with Crippen molar-refractivity contribution in [1.82, 2.24) is 4.98 Å². The smallest absolute Gasteiger partial charge is 0.267 e. The number of hydrogen-bond donors (Lipinski definition) is 1. The highest BCUT2D eigenvalue weighted by Gasteiger charge is 2.28. The van der Waals surface area contributed by atoms with Gasteiger partial charge in [0, 0.05) is 16.6 Å². The third kappa shape index (κ3) is 2.80. The van der Waals surface area contributed by atoms with Gasteiger partial charge in [-0.2, -0.15) is 0 Å². The van der Waals surface area contributed by atoms with Gasteiger partial charge in [0.05, 0.1) is 10.7 Å². The summed E-state index contributed by atoms with van der Waals surface area (Å²) in [6, 6.07) is 7.09. The number of aryl methyl sites for hydroxylation is 1. The molecule has 1 heterocycles. The van der Waals surface area contributed by atoms with E-state index in [1.54, 1.807) is 24.3 Å². The van der Waals surface area contributed by atoms with E-state index in [0.717, 1.165) is 16.4 Å². The number of hydrogen-bond acceptors (Lipinski definition) is 3. The number of thiazole rings is 1. The highest BCUT2D eigenvalue weighted by molar-refractivity contribution is 7.14. The lowest BCUT2D eigenvalue weighted by Crippen LogP contribution is -2.11. The zero-order chi connectivity index (χ0) is 13.4. The lowest BCUT2D eigenvalue weighted by Gasteiger charge is -2.03. The average Bonchev–Trinajstić information content (AvgIpc) is 3.16. The number of nitrogens with one attached hydrogen (secondary N) is 1. The van der Waals surface area contributed by atoms with Gasteiger partial charge >= 0.3 is 0 Å². The predicted molar refractivity (Wildman–Crippen MR) is 78.2 cm³/mol. The molecule has 0 atom stereocenters. The van der Waals surface area contributed by atoms with Crippen LogP contribution in [0.3, 0.4) is 0 Å². The summed E-state index contributed by atoms with van der Waals surface area (Å²) in [5.41, 5.74) is 1.56. The Bertz CT molecular complexity index is 617. The molecule has 19 heavy (non-hydrogen) atoms. The summed E-state index contributed by atoms with van der Waals surface area (Å²) in [4.78, 5) is 17.4. The molecule has 0 radical (unpaired) electrons. The van der Waals surface area contributed by atoms with Crippen LogP contribution >= 0.6 is 22.9 Å². The topological polar surface area (TPSA) is 42.0 Å². The first-order valence-corrected chi connectivity index (χ1v) is 7.37. The number of carbonyl (C=O) groups is 1. The van der Waals surface area contributed by atoms with Gasteiger partial charge in [0.1, 0.15) is 4.88 Å². The molecular formula is C14H13ClN2OS. The van der Waals surface area contributed by atoms with E-state index in [9.17, 15) is 4.79 Å². The number of carbonyl (C=O) groups excluding carboxylic acids is 1. The van der Waals surface area contributed by atoms with E-state index in [4.69, 9.17) is 11.6 Å². The summed E-state index contributed by atoms with van der Waals surface area (Å²) < 4.78 is 0. The molecule has 1 saturated carbocycles. The molecule has 1 fully saturated rings. The van der Waals surface area contributed by atoms with E-state index in [1.165, 1.54) is 24.2 Å². The van der Waals surface area contributed by atoms with Crippen molar-refractivity contribution in [3.63, 3.8) is 0 Å². The highest BCUT2D eigenvalue weighted by Crippen LogP contribution is 2.42. The summed E-state index contributed by atoms with van der Waals surface area (Å²) >= 11 is 7.33. The number of rotatable bonds is 3. The van der Waals surface area contributed by atoms with Crippen LogP contribution in [0.2, 0.25) is 5.02 Å². The zero-order valence-electron chi connectivity index (χ0n) is 10.4. The van der Waals surface area contributed by atoms with Crippen LogP contribution in [0.4, 0.5) is 5.69 Å². The molecule has 1 N–H and O–H groups in total. The maximum atomic E-state index is 12.2. The van der Waals surface area contributed by atoms with Crippen molar-refractivity contribution in [3.8, 4) is 0 Å². The Morgan fingerprint density at radius 3 is 2.68 bits per heavy atom. The van der Waals surface area contributed by atoms with Crippen LogP contribution in [0.5, 0.6) is 0 Å². The average molecular weight is 293 g/mol. The van der Waals surface area contributed by atoms with Crippen molar-refractivity contribution >= 4 is 34.5 Å². The summed E-state index contributed by atoms with van der Waals surface area (Å²) in [6.45, 7) is 1.89. The van der Waals surface area contributed by atoms with Gasteiger partial charge in [0.2, 0.25) is 0 Å². The monoisotopic (exact) mass is 292 g/mol. The van der Waals surface area contributed by atoms with E-state index in [2.05, 4.69) is 10.3 Å². The number of amides is 1. The summed E-state index contributed by atoms with van der Waals surface area (Å²) in [7, 11) is 0. The Morgan fingerprint density at radius 2 is 2.05 bits per heavy atom. The Morgan fingerprint density at radius 1 is 1.37 bits per heavy atom. The van der Waals surface area contributed by atoms with Gasteiger partial charge in [-0.1, -0.05) is 11.6 Å². The molecule has 1 aromatic heterocycles. The Balaban J connectivity index is 1.77. The maximum absolute atomic E-state index is 12.2. The molecule has 0 aliphatic heterocycles.